The van der Waals surface area contributed by atoms with Gasteiger partial charge in [-0.2, -0.15) is 0 Å². The highest BCUT2D eigenvalue weighted by atomic mass is 16.5. The molecule has 12 atom stereocenters. The summed E-state index contributed by atoms with van der Waals surface area (Å²) < 4.78 is 5.76. The van der Waals surface area contributed by atoms with E-state index in [1.807, 2.05) is 0 Å². The van der Waals surface area contributed by atoms with Crippen molar-refractivity contribution in [3.63, 3.8) is 0 Å². The Morgan fingerprint density at radius 2 is 1.70 bits per heavy atom. The molecule has 6 aliphatic rings. The van der Waals surface area contributed by atoms with E-state index >= 15 is 0 Å². The summed E-state index contributed by atoms with van der Waals surface area (Å²) >= 11 is 0. The summed E-state index contributed by atoms with van der Waals surface area (Å²) in [5, 5.41) is 25.6. The Morgan fingerprint density at radius 3 is 2.40 bits per heavy atom. The summed E-state index contributed by atoms with van der Waals surface area (Å²) in [6.45, 7) is 3.33. The molecule has 6 rings (SSSR count). The molecule has 0 aromatic heterocycles. The van der Waals surface area contributed by atoms with Crippen molar-refractivity contribution in [1.82, 2.24) is 5.32 Å². The topological polar surface area (TPSA) is 122 Å². The van der Waals surface area contributed by atoms with E-state index in [4.69, 9.17) is 10.5 Å². The normalized spacial score (nSPS) is 41.0. The number of ether oxygens (including phenoxy) is 1. The van der Waals surface area contributed by atoms with Crippen molar-refractivity contribution >= 4 is 11.6 Å². The molecule has 0 spiro atoms. The van der Waals surface area contributed by atoms with E-state index in [1.165, 1.54) is 57.8 Å². The molecule has 1 heterocycles. The van der Waals surface area contributed by atoms with Gasteiger partial charge in [0.1, 0.15) is 11.6 Å². The predicted molar refractivity (Wildman–Crippen MR) is 198 cm³/mol. The van der Waals surface area contributed by atoms with Crippen molar-refractivity contribution in [2.45, 2.75) is 160 Å². The van der Waals surface area contributed by atoms with Gasteiger partial charge < -0.3 is 26.0 Å². The van der Waals surface area contributed by atoms with Crippen LogP contribution in [0, 0.1) is 76.4 Å². The van der Waals surface area contributed by atoms with Crippen molar-refractivity contribution < 1.29 is 24.5 Å². The van der Waals surface area contributed by atoms with Gasteiger partial charge in [0, 0.05) is 37.9 Å². The van der Waals surface area contributed by atoms with Crippen molar-refractivity contribution in [3.05, 3.63) is 0 Å². The third-order valence-electron chi connectivity index (χ3n) is 15.3. The van der Waals surface area contributed by atoms with Crippen LogP contribution in [0.1, 0.15) is 142 Å². The molecule has 0 aromatic carbocycles. The van der Waals surface area contributed by atoms with Gasteiger partial charge in [0.2, 0.25) is 0 Å². The Hall–Kier alpha value is -1.30. The van der Waals surface area contributed by atoms with E-state index in [2.05, 4.69) is 24.1 Å². The highest BCUT2D eigenvalue weighted by Gasteiger charge is 2.52. The number of hydrogen-bond acceptors (Lipinski definition) is 7. The van der Waals surface area contributed by atoms with Gasteiger partial charge in [-0.05, 0) is 137 Å². The van der Waals surface area contributed by atoms with Crippen molar-refractivity contribution in [1.29, 1.82) is 0 Å². The second-order valence-corrected chi connectivity index (χ2v) is 18.0. The molecule has 5 N–H and O–H groups in total. The van der Waals surface area contributed by atoms with Crippen LogP contribution in [0.4, 0.5) is 0 Å². The van der Waals surface area contributed by atoms with Crippen molar-refractivity contribution in [2.24, 2.45) is 70.3 Å². The van der Waals surface area contributed by atoms with Crippen LogP contribution >= 0.6 is 0 Å². The molecule has 7 heteroatoms. The molecule has 0 bridgehead atoms. The van der Waals surface area contributed by atoms with Crippen molar-refractivity contribution in [3.8, 4) is 11.8 Å². The molecule has 282 valence electrons. The molecule has 0 radical (unpaired) electrons. The third-order valence-corrected chi connectivity index (χ3v) is 15.3. The maximum Gasteiger partial charge on any atom is 0.144 e. The molecule has 1 saturated heterocycles. The summed E-state index contributed by atoms with van der Waals surface area (Å²) in [5.41, 5.74) is 6.78. The lowest BCUT2D eigenvalue weighted by Crippen LogP contribution is -2.50. The maximum absolute atomic E-state index is 14.5. The molecule has 7 nitrogen and oxygen atoms in total. The van der Waals surface area contributed by atoms with E-state index in [1.54, 1.807) is 7.11 Å². The lowest BCUT2D eigenvalue weighted by molar-refractivity contribution is -0.131. The quantitative estimate of drug-likeness (QED) is 0.163. The first kappa shape index (κ1) is 38.4. The SMILES string of the molecule is CCC[C@H](CO)[C@@H]1C[C@H](C2(C3CCNC(N)C3)CCCC2)C[C@H]2C#CC(C3CCCCC3)C3CC(O)C(OC)CC3CCC(=O)CC(=O)[C@H]2C1. The Morgan fingerprint density at radius 1 is 0.920 bits per heavy atom. The summed E-state index contributed by atoms with van der Waals surface area (Å²) in [7, 11) is 1.69. The Kier molecular flexibility index (Phi) is 13.6. The Labute approximate surface area is 303 Å². The van der Waals surface area contributed by atoms with Gasteiger partial charge in [0.15, 0.2) is 0 Å². The average Bonchev–Trinajstić information content (AvgIpc) is 3.54. The predicted octanol–water partition coefficient (Wildman–Crippen LogP) is 6.81. The minimum Gasteiger partial charge on any atom is -0.396 e. The molecule has 50 heavy (non-hydrogen) atoms. The van der Waals surface area contributed by atoms with Crippen molar-refractivity contribution in [2.75, 3.05) is 20.3 Å². The number of aliphatic hydroxyl groups excluding tert-OH is 2. The number of aliphatic hydroxyl groups is 2. The van der Waals surface area contributed by atoms with Crippen LogP contribution in [0.15, 0.2) is 0 Å². The summed E-state index contributed by atoms with van der Waals surface area (Å²) in [4.78, 5) is 28.2. The fraction of sp³-hybridized carbons (Fsp3) is 0.907. The highest BCUT2D eigenvalue weighted by Crippen LogP contribution is 2.59. The summed E-state index contributed by atoms with van der Waals surface area (Å²) in [6, 6.07) is 0. The van der Waals surface area contributed by atoms with E-state index in [-0.39, 0.29) is 83.7 Å². The number of methoxy groups -OCH3 is 1. The number of Topliss-reactive ketones (excluding diaryl/α,β-unsaturated/α-hetero) is 2. The number of nitrogens with one attached hydrogen (secondary N) is 1. The van der Waals surface area contributed by atoms with Gasteiger partial charge in [0.25, 0.3) is 0 Å². The van der Waals surface area contributed by atoms with Crippen LogP contribution in [0.5, 0.6) is 0 Å². The van der Waals surface area contributed by atoms with Gasteiger partial charge in [0.05, 0.1) is 24.8 Å². The minimum atomic E-state index is -0.511. The van der Waals surface area contributed by atoms with Crippen LogP contribution in [-0.4, -0.2) is 60.4 Å². The van der Waals surface area contributed by atoms with Gasteiger partial charge in [-0.3, -0.25) is 9.59 Å². The Bertz CT molecular complexity index is 1180. The summed E-state index contributed by atoms with van der Waals surface area (Å²) in [5.74, 6) is 10.3. The molecule has 5 aliphatic carbocycles. The molecule has 1 aliphatic heterocycles. The monoisotopic (exact) mass is 695 g/mol. The molecule has 7 unspecified atom stereocenters. The zero-order valence-electron chi connectivity index (χ0n) is 31.5. The Balaban J connectivity index is 1.43. The molecule has 0 amide bonds. The van der Waals surface area contributed by atoms with E-state index in [0.717, 1.165) is 64.3 Å². The number of ketones is 2. The summed E-state index contributed by atoms with van der Waals surface area (Å²) in [6.07, 6.45) is 19.8. The first-order valence-electron chi connectivity index (χ1n) is 21.1. The van der Waals surface area contributed by atoms with E-state index in [9.17, 15) is 19.8 Å². The van der Waals surface area contributed by atoms with Gasteiger partial charge >= 0.3 is 0 Å². The second-order valence-electron chi connectivity index (χ2n) is 18.0. The zero-order chi connectivity index (χ0) is 35.3. The second kappa shape index (κ2) is 17.7. The fourth-order valence-corrected chi connectivity index (χ4v) is 12.7. The average molecular weight is 695 g/mol. The maximum atomic E-state index is 14.5. The largest absolute Gasteiger partial charge is 0.396 e. The number of rotatable bonds is 8. The number of fused-ring (bicyclic) bond motifs is 2. The van der Waals surface area contributed by atoms with E-state index < -0.39 is 6.10 Å². The molecule has 4 saturated carbocycles. The van der Waals surface area contributed by atoms with Gasteiger partial charge in [-0.1, -0.05) is 57.3 Å². The first-order valence-corrected chi connectivity index (χ1v) is 21.1. The van der Waals surface area contributed by atoms with E-state index in [0.29, 0.717) is 30.6 Å². The number of piperidine rings is 1. The number of carbonyl (C=O) groups is 2. The third kappa shape index (κ3) is 8.57. The number of carbonyl (C=O) groups excluding carboxylic acids is 2. The molecular weight excluding hydrogens is 624 g/mol. The van der Waals surface area contributed by atoms with Crippen LogP contribution < -0.4 is 11.1 Å². The van der Waals surface area contributed by atoms with Gasteiger partial charge in [-0.15, -0.1) is 0 Å². The number of hydrogen-bond donors (Lipinski definition) is 4. The van der Waals surface area contributed by atoms with Gasteiger partial charge in [-0.25, -0.2) is 0 Å². The zero-order valence-corrected chi connectivity index (χ0v) is 31.5. The fourth-order valence-electron chi connectivity index (χ4n) is 12.7. The highest BCUT2D eigenvalue weighted by molar-refractivity contribution is 6.00. The van der Waals surface area contributed by atoms with Crippen LogP contribution in [0.3, 0.4) is 0 Å². The lowest BCUT2D eigenvalue weighted by atomic mass is 9.58. The molecule has 5 fully saturated rings. The van der Waals surface area contributed by atoms with Crippen LogP contribution in [-0.2, 0) is 14.3 Å². The molecule has 0 aromatic rings. The standard InChI is InChI=1S/C43H70N2O5/c1-3-9-31(27-46)32-21-34(43(17-7-8-18-43)33-16-19-45-42(44)24-33)20-29-13-15-36(28-10-5-4-6-11-28)37-26-40(49)41(50-2)23-30(37)12-14-35(47)25-39(48)38(29)22-32/h28-34,36-38,40-42,45-46,49H,3-12,14,16-27,44H2,1-2H3/t29-,30?,31-,32-,33?,34-,36?,37?,38+,40?,41?,42?/m1/s1. The minimum absolute atomic E-state index is 0.00582. The smallest absolute Gasteiger partial charge is 0.144 e. The lowest BCUT2D eigenvalue weighted by Gasteiger charge is -2.48. The number of nitrogens with two attached hydrogens (primary N) is 1. The van der Waals surface area contributed by atoms with Crippen LogP contribution in [0.2, 0.25) is 0 Å². The molecular formula is C43H70N2O5. The van der Waals surface area contributed by atoms with Crippen LogP contribution in [0.25, 0.3) is 0 Å². The first-order chi connectivity index (χ1) is 24.3.